The van der Waals surface area contributed by atoms with Crippen molar-refractivity contribution in [3.05, 3.63) is 29.6 Å². The summed E-state index contributed by atoms with van der Waals surface area (Å²) < 4.78 is 18.7. The molecule has 0 spiro atoms. The second-order valence-electron chi connectivity index (χ2n) is 5.48. The van der Waals surface area contributed by atoms with Crippen LogP contribution in [0, 0.1) is 5.82 Å². The van der Waals surface area contributed by atoms with Crippen molar-refractivity contribution in [2.45, 2.75) is 38.1 Å². The number of hydrogen-bond donors (Lipinski definition) is 1. The topological polar surface area (TPSA) is 21.3 Å². The summed E-state index contributed by atoms with van der Waals surface area (Å²) in [6.07, 6.45) is 1.02. The molecule has 1 N–H and O–H groups in total. The van der Waals surface area contributed by atoms with Crippen LogP contribution < -0.4 is 10.1 Å². The Kier molecular flexibility index (Phi) is 2.90. The molecule has 1 saturated heterocycles. The van der Waals surface area contributed by atoms with E-state index in [-0.39, 0.29) is 16.8 Å². The highest BCUT2D eigenvalue weighted by molar-refractivity contribution is 5.37. The Labute approximate surface area is 102 Å². The van der Waals surface area contributed by atoms with Crippen LogP contribution in [0.3, 0.4) is 0 Å². The predicted molar refractivity (Wildman–Crippen MR) is 67.0 cm³/mol. The summed E-state index contributed by atoms with van der Waals surface area (Å²) in [6, 6.07) is 5.29. The summed E-state index contributed by atoms with van der Waals surface area (Å²) in [6.45, 7) is 7.50. The predicted octanol–water partition coefficient (Wildman–Crippen LogP) is 2.86. The third-order valence-corrected chi connectivity index (χ3v) is 4.36. The van der Waals surface area contributed by atoms with Gasteiger partial charge in [-0.25, -0.2) is 4.39 Å². The van der Waals surface area contributed by atoms with Crippen molar-refractivity contribution in [1.82, 2.24) is 5.32 Å². The molecule has 1 atom stereocenters. The van der Waals surface area contributed by atoms with Gasteiger partial charge in [-0.3, -0.25) is 0 Å². The summed E-state index contributed by atoms with van der Waals surface area (Å²) in [5, 5.41) is 3.48. The van der Waals surface area contributed by atoms with Gasteiger partial charge in [0.2, 0.25) is 0 Å². The fourth-order valence-electron chi connectivity index (χ4n) is 2.65. The minimum absolute atomic E-state index is 0.0198. The van der Waals surface area contributed by atoms with E-state index in [0.717, 1.165) is 18.5 Å². The number of halogens is 1. The van der Waals surface area contributed by atoms with Gasteiger partial charge in [-0.15, -0.1) is 0 Å². The van der Waals surface area contributed by atoms with Gasteiger partial charge >= 0.3 is 0 Å². The molecule has 94 valence electrons. The average molecular weight is 237 g/mol. The Hall–Kier alpha value is -1.09. The lowest BCUT2D eigenvalue weighted by Gasteiger charge is -2.38. The molecule has 1 fully saturated rings. The van der Waals surface area contributed by atoms with Gasteiger partial charge in [0.15, 0.2) is 11.6 Å². The van der Waals surface area contributed by atoms with Gasteiger partial charge in [-0.1, -0.05) is 13.0 Å². The van der Waals surface area contributed by atoms with E-state index in [1.54, 1.807) is 12.1 Å². The summed E-state index contributed by atoms with van der Waals surface area (Å²) in [4.78, 5) is 0. The Bertz CT molecular complexity index is 430. The largest absolute Gasteiger partial charge is 0.494 e. The standard InChI is InChI=1S/C14H20FNO/c1-13(2)14(3,7-8-16-13)10-5-6-12(17-4)11(15)9-10/h5-6,9,16H,7-8H2,1-4H3. The molecular weight excluding hydrogens is 217 g/mol. The molecule has 17 heavy (non-hydrogen) atoms. The smallest absolute Gasteiger partial charge is 0.165 e. The van der Waals surface area contributed by atoms with Crippen molar-refractivity contribution in [2.75, 3.05) is 13.7 Å². The van der Waals surface area contributed by atoms with E-state index in [2.05, 4.69) is 26.1 Å². The second kappa shape index (κ2) is 3.98. The number of hydrogen-bond acceptors (Lipinski definition) is 2. The zero-order valence-electron chi connectivity index (χ0n) is 10.9. The summed E-state index contributed by atoms with van der Waals surface area (Å²) >= 11 is 0. The Balaban J connectivity index is 2.44. The molecule has 1 aromatic carbocycles. The van der Waals surface area contributed by atoms with Crippen LogP contribution in [-0.4, -0.2) is 19.2 Å². The molecule has 3 heteroatoms. The number of ether oxygens (including phenoxy) is 1. The van der Waals surface area contributed by atoms with Gasteiger partial charge in [0.05, 0.1) is 7.11 Å². The first-order chi connectivity index (χ1) is 7.90. The fraction of sp³-hybridized carbons (Fsp3) is 0.571. The van der Waals surface area contributed by atoms with Crippen LogP contribution in [0.4, 0.5) is 4.39 Å². The van der Waals surface area contributed by atoms with Crippen LogP contribution in [0.15, 0.2) is 18.2 Å². The molecule has 2 nitrogen and oxygen atoms in total. The fourth-order valence-corrected chi connectivity index (χ4v) is 2.65. The minimum atomic E-state index is -0.283. The van der Waals surface area contributed by atoms with E-state index in [0.29, 0.717) is 5.75 Å². The molecular formula is C14H20FNO. The number of benzene rings is 1. The van der Waals surface area contributed by atoms with Gasteiger partial charge in [0.1, 0.15) is 0 Å². The van der Waals surface area contributed by atoms with Crippen molar-refractivity contribution in [1.29, 1.82) is 0 Å². The monoisotopic (exact) mass is 237 g/mol. The first-order valence-electron chi connectivity index (χ1n) is 6.00. The lowest BCUT2D eigenvalue weighted by molar-refractivity contribution is 0.295. The third kappa shape index (κ3) is 1.82. The van der Waals surface area contributed by atoms with Crippen molar-refractivity contribution in [2.24, 2.45) is 0 Å². The molecule has 0 bridgehead atoms. The van der Waals surface area contributed by atoms with E-state index in [1.807, 2.05) is 6.07 Å². The molecule has 0 aromatic heterocycles. The van der Waals surface area contributed by atoms with Gasteiger partial charge in [-0.05, 0) is 44.5 Å². The molecule has 2 rings (SSSR count). The van der Waals surface area contributed by atoms with Gasteiger partial charge in [0, 0.05) is 11.0 Å². The third-order valence-electron chi connectivity index (χ3n) is 4.36. The van der Waals surface area contributed by atoms with Crippen LogP contribution in [0.5, 0.6) is 5.75 Å². The van der Waals surface area contributed by atoms with Crippen LogP contribution >= 0.6 is 0 Å². The maximum Gasteiger partial charge on any atom is 0.165 e. The van der Waals surface area contributed by atoms with E-state index in [9.17, 15) is 4.39 Å². The van der Waals surface area contributed by atoms with E-state index < -0.39 is 0 Å². The SMILES string of the molecule is COc1ccc(C2(C)CCNC2(C)C)cc1F. The van der Waals surface area contributed by atoms with Crippen LogP contribution in [0.1, 0.15) is 32.8 Å². The Morgan fingerprint density at radius 2 is 2.00 bits per heavy atom. The lowest BCUT2D eigenvalue weighted by atomic mass is 9.69. The summed E-state index contributed by atoms with van der Waals surface area (Å²) in [5.41, 5.74) is 0.972. The highest BCUT2D eigenvalue weighted by Gasteiger charge is 2.46. The number of nitrogens with one attached hydrogen (secondary N) is 1. The molecule has 0 radical (unpaired) electrons. The van der Waals surface area contributed by atoms with Crippen LogP contribution in [0.25, 0.3) is 0 Å². The molecule has 1 unspecified atom stereocenters. The maximum atomic E-state index is 13.8. The zero-order chi connectivity index (χ0) is 12.7. The number of rotatable bonds is 2. The maximum absolute atomic E-state index is 13.8. The second-order valence-corrected chi connectivity index (χ2v) is 5.48. The first-order valence-corrected chi connectivity index (χ1v) is 6.00. The number of methoxy groups -OCH3 is 1. The summed E-state index contributed by atoms with van der Waals surface area (Å²) in [7, 11) is 1.49. The van der Waals surface area contributed by atoms with Gasteiger partial charge in [0.25, 0.3) is 0 Å². The lowest BCUT2D eigenvalue weighted by Crippen LogP contribution is -2.47. The first kappa shape index (κ1) is 12.4. The molecule has 0 aliphatic carbocycles. The molecule has 1 aromatic rings. The van der Waals surface area contributed by atoms with E-state index in [1.165, 1.54) is 7.11 Å². The summed E-state index contributed by atoms with van der Waals surface area (Å²) in [5.74, 6) is 0.0232. The zero-order valence-corrected chi connectivity index (χ0v) is 10.9. The minimum Gasteiger partial charge on any atom is -0.494 e. The van der Waals surface area contributed by atoms with Crippen molar-refractivity contribution >= 4 is 0 Å². The van der Waals surface area contributed by atoms with Crippen molar-refractivity contribution in [3.63, 3.8) is 0 Å². The molecule has 0 amide bonds. The van der Waals surface area contributed by atoms with Crippen LogP contribution in [0.2, 0.25) is 0 Å². The molecule has 1 heterocycles. The van der Waals surface area contributed by atoms with Crippen LogP contribution in [-0.2, 0) is 5.41 Å². The molecule has 0 saturated carbocycles. The molecule has 1 aliphatic heterocycles. The quantitative estimate of drug-likeness (QED) is 0.854. The highest BCUT2D eigenvalue weighted by Crippen LogP contribution is 2.42. The Morgan fingerprint density at radius 3 is 2.47 bits per heavy atom. The average Bonchev–Trinajstić information content (AvgIpc) is 2.54. The van der Waals surface area contributed by atoms with Crippen molar-refractivity contribution < 1.29 is 9.13 Å². The van der Waals surface area contributed by atoms with Gasteiger partial charge in [-0.2, -0.15) is 0 Å². The molecule has 1 aliphatic rings. The Morgan fingerprint density at radius 1 is 1.29 bits per heavy atom. The highest BCUT2D eigenvalue weighted by atomic mass is 19.1. The van der Waals surface area contributed by atoms with Gasteiger partial charge < -0.3 is 10.1 Å². The van der Waals surface area contributed by atoms with E-state index in [4.69, 9.17) is 4.74 Å². The normalized spacial score (nSPS) is 27.1. The van der Waals surface area contributed by atoms with Crippen molar-refractivity contribution in [3.8, 4) is 5.75 Å². The van der Waals surface area contributed by atoms with E-state index >= 15 is 0 Å².